The minimum absolute atomic E-state index is 0.0989. The molecule has 4 aromatic rings. The van der Waals surface area contributed by atoms with Crippen LogP contribution in [-0.2, 0) is 24.9 Å². The summed E-state index contributed by atoms with van der Waals surface area (Å²) in [5, 5.41) is 13.6. The molecule has 2 aromatic carbocycles. The van der Waals surface area contributed by atoms with E-state index in [1.165, 1.54) is 6.07 Å². The fourth-order valence-electron chi connectivity index (χ4n) is 5.37. The molecule has 7 heteroatoms. The first-order valence-electron chi connectivity index (χ1n) is 11.0. The molecule has 0 unspecified atom stereocenters. The van der Waals surface area contributed by atoms with E-state index in [0.717, 1.165) is 45.4 Å². The van der Waals surface area contributed by atoms with Gasteiger partial charge in [-0.3, -0.25) is 9.48 Å². The van der Waals surface area contributed by atoms with E-state index in [1.807, 2.05) is 44.3 Å². The molecule has 3 atom stereocenters. The largest absolute Gasteiger partial charge is 0.489 e. The van der Waals surface area contributed by atoms with E-state index >= 15 is 0 Å². The average molecular weight is 443 g/mol. The van der Waals surface area contributed by atoms with Gasteiger partial charge in [-0.05, 0) is 66.3 Å². The van der Waals surface area contributed by atoms with Crippen LogP contribution in [-0.4, -0.2) is 25.8 Å². The second-order valence-corrected chi connectivity index (χ2v) is 9.03. The number of aryl methyl sites for hydroxylation is 2. The molecule has 0 bridgehead atoms. The van der Waals surface area contributed by atoms with Gasteiger partial charge in [0.2, 0.25) is 0 Å². The third kappa shape index (κ3) is 3.18. The lowest BCUT2D eigenvalue weighted by Crippen LogP contribution is -2.05. The van der Waals surface area contributed by atoms with Gasteiger partial charge in [-0.2, -0.15) is 5.10 Å². The number of pyridine rings is 1. The van der Waals surface area contributed by atoms with E-state index < -0.39 is 5.97 Å². The van der Waals surface area contributed by atoms with Gasteiger partial charge in [0.05, 0.1) is 17.6 Å². The maximum atomic E-state index is 14.6. The van der Waals surface area contributed by atoms with Crippen LogP contribution in [0.5, 0.6) is 5.75 Å². The van der Waals surface area contributed by atoms with Crippen LogP contribution >= 0.6 is 0 Å². The summed E-state index contributed by atoms with van der Waals surface area (Å²) < 4.78 is 22.4. The molecule has 1 fully saturated rings. The van der Waals surface area contributed by atoms with Crippen molar-refractivity contribution in [3.63, 3.8) is 0 Å². The normalized spacial score (nSPS) is 20.5. The number of hydrogen-bond acceptors (Lipinski definition) is 4. The Bertz CT molecular complexity index is 1440. The van der Waals surface area contributed by atoms with Crippen LogP contribution in [0.2, 0.25) is 0 Å². The van der Waals surface area contributed by atoms with E-state index in [-0.39, 0.29) is 30.2 Å². The minimum atomic E-state index is -0.709. The summed E-state index contributed by atoms with van der Waals surface area (Å²) in [6, 6.07) is 12.8. The summed E-state index contributed by atoms with van der Waals surface area (Å²) in [5.41, 5.74) is 7.11. The van der Waals surface area contributed by atoms with E-state index in [1.54, 1.807) is 16.9 Å². The van der Waals surface area contributed by atoms with Gasteiger partial charge in [0.25, 0.3) is 0 Å². The molecule has 0 radical (unpaired) electrons. The SMILES string of the molecule is Cc1cc(-c2ccc(F)c(COc3ccc4c(c3)C[C@H]3[C@H](C(=O)O)[C@@H]43)c2)c2c(cnn2C)n1. The van der Waals surface area contributed by atoms with Gasteiger partial charge < -0.3 is 9.84 Å². The Morgan fingerprint density at radius 1 is 1.24 bits per heavy atom. The number of aliphatic carboxylic acids is 1. The molecule has 2 heterocycles. The van der Waals surface area contributed by atoms with Crippen molar-refractivity contribution in [1.29, 1.82) is 0 Å². The van der Waals surface area contributed by atoms with Crippen LogP contribution < -0.4 is 4.74 Å². The monoisotopic (exact) mass is 443 g/mol. The number of halogens is 1. The third-order valence-corrected chi connectivity index (χ3v) is 6.96. The highest BCUT2D eigenvalue weighted by molar-refractivity contribution is 5.92. The van der Waals surface area contributed by atoms with Crippen molar-refractivity contribution in [1.82, 2.24) is 14.8 Å². The van der Waals surface area contributed by atoms with E-state index in [9.17, 15) is 14.3 Å². The lowest BCUT2D eigenvalue weighted by Gasteiger charge is -2.13. The molecular formula is C26H22FN3O3. The molecule has 33 heavy (non-hydrogen) atoms. The number of nitrogens with zero attached hydrogens (tertiary/aromatic N) is 3. The molecule has 0 aliphatic heterocycles. The molecule has 2 aliphatic carbocycles. The Morgan fingerprint density at radius 3 is 2.91 bits per heavy atom. The van der Waals surface area contributed by atoms with Crippen molar-refractivity contribution in [2.24, 2.45) is 18.9 Å². The van der Waals surface area contributed by atoms with Gasteiger partial charge in [-0.1, -0.05) is 12.1 Å². The zero-order chi connectivity index (χ0) is 22.9. The summed E-state index contributed by atoms with van der Waals surface area (Å²) in [7, 11) is 1.87. The quantitative estimate of drug-likeness (QED) is 0.487. The van der Waals surface area contributed by atoms with E-state index in [4.69, 9.17) is 4.74 Å². The van der Waals surface area contributed by atoms with Crippen molar-refractivity contribution < 1.29 is 19.0 Å². The van der Waals surface area contributed by atoms with Crippen LogP contribution in [0.25, 0.3) is 22.2 Å². The summed E-state index contributed by atoms with van der Waals surface area (Å²) in [6.07, 6.45) is 2.50. The zero-order valence-corrected chi connectivity index (χ0v) is 18.2. The number of ether oxygens (including phenoxy) is 1. The van der Waals surface area contributed by atoms with Gasteiger partial charge in [0.1, 0.15) is 23.7 Å². The van der Waals surface area contributed by atoms with Crippen LogP contribution in [0.3, 0.4) is 0 Å². The molecule has 6 rings (SSSR count). The standard InChI is InChI=1S/C26H22FN3O3/c1-13-7-19(25-22(29-13)11-28-30(25)2)14-3-6-21(27)16(8-14)12-33-17-4-5-18-15(9-17)10-20-23(18)24(20)26(31)32/h3-9,11,20,23-24H,10,12H2,1-2H3,(H,31,32)/t20-,23+,24+/m1/s1. The predicted molar refractivity (Wildman–Crippen MR) is 120 cm³/mol. The Kier molecular flexibility index (Phi) is 4.30. The molecule has 0 spiro atoms. The third-order valence-electron chi connectivity index (χ3n) is 6.96. The molecule has 6 nitrogen and oxygen atoms in total. The molecule has 2 aromatic heterocycles. The lowest BCUT2D eigenvalue weighted by atomic mass is 10.0. The van der Waals surface area contributed by atoms with Crippen molar-refractivity contribution in [3.05, 3.63) is 76.9 Å². The molecule has 1 N–H and O–H groups in total. The molecule has 2 aliphatic rings. The van der Waals surface area contributed by atoms with Crippen molar-refractivity contribution in [2.75, 3.05) is 0 Å². The number of hydrogen-bond donors (Lipinski definition) is 1. The van der Waals surface area contributed by atoms with Gasteiger partial charge in [-0.15, -0.1) is 0 Å². The first-order valence-corrected chi connectivity index (χ1v) is 11.0. The van der Waals surface area contributed by atoms with E-state index in [0.29, 0.717) is 11.3 Å². The van der Waals surface area contributed by atoms with Gasteiger partial charge in [0.15, 0.2) is 0 Å². The first kappa shape index (κ1) is 19.9. The smallest absolute Gasteiger partial charge is 0.307 e. The van der Waals surface area contributed by atoms with Crippen LogP contribution in [0, 0.1) is 24.6 Å². The van der Waals surface area contributed by atoms with Crippen LogP contribution in [0.1, 0.15) is 28.3 Å². The first-order chi connectivity index (χ1) is 15.9. The van der Waals surface area contributed by atoms with E-state index in [2.05, 4.69) is 10.1 Å². The molecular weight excluding hydrogens is 421 g/mol. The van der Waals surface area contributed by atoms with Crippen molar-refractivity contribution in [3.8, 4) is 16.9 Å². The van der Waals surface area contributed by atoms with Crippen LogP contribution in [0.15, 0.2) is 48.7 Å². The Morgan fingerprint density at radius 2 is 2.09 bits per heavy atom. The number of benzene rings is 2. The number of carboxylic acids is 1. The highest BCUT2D eigenvalue weighted by Gasteiger charge is 2.59. The lowest BCUT2D eigenvalue weighted by molar-refractivity contribution is -0.139. The van der Waals surface area contributed by atoms with Gasteiger partial charge in [-0.25, -0.2) is 9.37 Å². The van der Waals surface area contributed by atoms with Gasteiger partial charge in [0, 0.05) is 29.8 Å². The summed E-state index contributed by atoms with van der Waals surface area (Å²) in [4.78, 5) is 15.8. The van der Waals surface area contributed by atoms with Gasteiger partial charge >= 0.3 is 5.97 Å². The average Bonchev–Trinajstić information content (AvgIpc) is 3.20. The maximum Gasteiger partial charge on any atom is 0.307 e. The number of carboxylic acid groups (broad SMARTS) is 1. The topological polar surface area (TPSA) is 77.2 Å². The Hall–Kier alpha value is -3.74. The summed E-state index contributed by atoms with van der Waals surface area (Å²) in [5.74, 6) is -0.274. The summed E-state index contributed by atoms with van der Waals surface area (Å²) in [6.45, 7) is 2.03. The fraction of sp³-hybridized carbons (Fsp3) is 0.269. The molecule has 0 amide bonds. The highest BCUT2D eigenvalue weighted by atomic mass is 19.1. The molecule has 0 saturated heterocycles. The molecule has 1 saturated carbocycles. The Balaban J connectivity index is 1.26. The van der Waals surface area contributed by atoms with Crippen LogP contribution in [0.4, 0.5) is 4.39 Å². The van der Waals surface area contributed by atoms with Crippen molar-refractivity contribution in [2.45, 2.75) is 25.9 Å². The minimum Gasteiger partial charge on any atom is -0.489 e. The number of carbonyl (C=O) groups is 1. The fourth-order valence-corrected chi connectivity index (χ4v) is 5.37. The number of fused-ring (bicyclic) bond motifs is 4. The molecule has 166 valence electrons. The second kappa shape index (κ2) is 7.13. The number of aromatic nitrogens is 3. The predicted octanol–water partition coefficient (Wildman–Crippen LogP) is 4.63. The number of rotatable bonds is 5. The highest BCUT2D eigenvalue weighted by Crippen LogP contribution is 2.61. The van der Waals surface area contributed by atoms with Crippen molar-refractivity contribution >= 4 is 17.0 Å². The maximum absolute atomic E-state index is 14.6. The Labute approximate surface area is 189 Å². The summed E-state index contributed by atoms with van der Waals surface area (Å²) >= 11 is 0. The zero-order valence-electron chi connectivity index (χ0n) is 18.2. The second-order valence-electron chi connectivity index (χ2n) is 9.03.